The molecular weight excluding hydrogens is 788 g/mol. The predicted octanol–water partition coefficient (Wildman–Crippen LogP) is 9.69. The third kappa shape index (κ3) is 7.80. The van der Waals surface area contributed by atoms with Gasteiger partial charge in [0.15, 0.2) is 5.78 Å². The molecule has 11 heteroatoms. The second-order valence-electron chi connectivity index (χ2n) is 16.4. The van der Waals surface area contributed by atoms with Gasteiger partial charge in [-0.05, 0) is 84.2 Å². The molecule has 1 saturated heterocycles. The molecule has 0 bridgehead atoms. The van der Waals surface area contributed by atoms with Crippen LogP contribution in [-0.2, 0) is 53.5 Å². The summed E-state index contributed by atoms with van der Waals surface area (Å²) in [6.45, 7) is 1.33. The number of amides is 1. The summed E-state index contributed by atoms with van der Waals surface area (Å²) in [5.41, 5.74) is 3.22. The van der Waals surface area contributed by atoms with Crippen LogP contribution in [0.15, 0.2) is 158 Å². The van der Waals surface area contributed by atoms with Crippen molar-refractivity contribution >= 4 is 25.2 Å². The van der Waals surface area contributed by atoms with E-state index in [1.54, 1.807) is 37.4 Å². The van der Waals surface area contributed by atoms with E-state index >= 15 is 0 Å². The molecule has 2 aliphatic carbocycles. The molecule has 310 valence electrons. The Morgan fingerprint density at radius 1 is 0.803 bits per heavy atom. The van der Waals surface area contributed by atoms with Crippen molar-refractivity contribution in [2.24, 2.45) is 5.92 Å². The van der Waals surface area contributed by atoms with Gasteiger partial charge in [-0.2, -0.15) is 0 Å². The molecular formula is C50H47N2O8P. The van der Waals surface area contributed by atoms with Gasteiger partial charge in [0.2, 0.25) is 0 Å². The number of pyridine rings is 1. The lowest BCUT2D eigenvalue weighted by Gasteiger charge is -2.66. The molecule has 1 amide bonds. The van der Waals surface area contributed by atoms with Gasteiger partial charge >= 0.3 is 7.82 Å². The van der Waals surface area contributed by atoms with Crippen molar-refractivity contribution in [3.63, 3.8) is 0 Å². The Bertz CT molecular complexity index is 2530. The fourth-order valence-corrected chi connectivity index (χ4v) is 10.7. The van der Waals surface area contributed by atoms with E-state index in [4.69, 9.17) is 18.3 Å². The summed E-state index contributed by atoms with van der Waals surface area (Å²) in [7, 11) is -4.30. The van der Waals surface area contributed by atoms with Crippen LogP contribution in [-0.4, -0.2) is 40.7 Å². The number of hydrogen-bond acceptors (Lipinski definition) is 9. The Balaban J connectivity index is 1.06. The second kappa shape index (κ2) is 16.7. The summed E-state index contributed by atoms with van der Waals surface area (Å²) < 4.78 is 38.6. The molecule has 5 aromatic carbocycles. The van der Waals surface area contributed by atoms with Crippen LogP contribution in [0, 0.1) is 12.8 Å². The normalized spacial score (nSPS) is 22.9. The topological polar surface area (TPSA) is 124 Å². The highest BCUT2D eigenvalue weighted by atomic mass is 31.2. The summed E-state index contributed by atoms with van der Waals surface area (Å²) in [4.78, 5) is 35.1. The van der Waals surface area contributed by atoms with Gasteiger partial charge in [-0.3, -0.25) is 33.0 Å². The monoisotopic (exact) mass is 834 g/mol. The van der Waals surface area contributed by atoms with Crippen molar-refractivity contribution in [1.82, 2.24) is 4.98 Å². The number of rotatable bonds is 14. The quantitative estimate of drug-likeness (QED) is 0.0844. The average Bonchev–Trinajstić information content (AvgIpc) is 3.29. The number of fused-ring (bicyclic) bond motifs is 4. The summed E-state index contributed by atoms with van der Waals surface area (Å²) in [5.74, 6) is -0.736. The Kier molecular flexibility index (Phi) is 11.2. The minimum atomic E-state index is -4.30. The van der Waals surface area contributed by atoms with Gasteiger partial charge in [0, 0.05) is 29.2 Å². The Morgan fingerprint density at radius 2 is 1.41 bits per heavy atom. The SMILES string of the molecule is Cc1ncccc1N(COP(=O)(OCc1ccccc1)OCc1ccccc1)C(=O)c1ccc2c(c1)C(=O)CC1CC3(c4ccccc4)OCC3(O)CC21Cc1ccccc1. The molecule has 61 heavy (non-hydrogen) atoms. The number of phosphoric ester groups is 1. The predicted molar refractivity (Wildman–Crippen MR) is 231 cm³/mol. The fraction of sp³-hybridized carbons (Fsp3) is 0.260. The van der Waals surface area contributed by atoms with E-state index in [1.807, 2.05) is 115 Å². The summed E-state index contributed by atoms with van der Waals surface area (Å²) in [6.07, 6.45) is 3.28. The minimum Gasteiger partial charge on any atom is -0.384 e. The number of phosphoric acid groups is 1. The smallest absolute Gasteiger partial charge is 0.384 e. The molecule has 10 nitrogen and oxygen atoms in total. The van der Waals surface area contributed by atoms with Crippen LogP contribution in [0.4, 0.5) is 5.69 Å². The van der Waals surface area contributed by atoms with Crippen LogP contribution in [0.5, 0.6) is 0 Å². The van der Waals surface area contributed by atoms with E-state index in [1.165, 1.54) is 4.90 Å². The molecule has 9 rings (SSSR count). The van der Waals surface area contributed by atoms with Crippen LogP contribution in [0.2, 0.25) is 0 Å². The number of anilines is 1. The van der Waals surface area contributed by atoms with Crippen molar-refractivity contribution in [1.29, 1.82) is 0 Å². The van der Waals surface area contributed by atoms with Crippen molar-refractivity contribution in [3.05, 3.63) is 202 Å². The second-order valence-corrected chi connectivity index (χ2v) is 18.0. The number of ether oxygens (including phenoxy) is 1. The Morgan fingerprint density at radius 3 is 2.00 bits per heavy atom. The zero-order valence-electron chi connectivity index (χ0n) is 33.9. The number of Topliss-reactive ketones (excluding diaryl/α,β-unsaturated/α-hetero) is 1. The zero-order valence-corrected chi connectivity index (χ0v) is 34.8. The fourth-order valence-electron chi connectivity index (χ4n) is 9.61. The molecule has 0 spiro atoms. The number of hydrogen-bond donors (Lipinski definition) is 1. The van der Waals surface area contributed by atoms with Gasteiger partial charge in [-0.25, -0.2) is 4.57 Å². The number of aryl methyl sites for hydroxylation is 1. The molecule has 4 unspecified atom stereocenters. The highest BCUT2D eigenvalue weighted by Crippen LogP contribution is 2.65. The number of carbonyl (C=O) groups is 2. The summed E-state index contributed by atoms with van der Waals surface area (Å²) >= 11 is 0. The first-order chi connectivity index (χ1) is 29.6. The number of aromatic nitrogens is 1. The van der Waals surface area contributed by atoms with Gasteiger partial charge in [0.1, 0.15) is 17.9 Å². The third-order valence-electron chi connectivity index (χ3n) is 12.7. The zero-order chi connectivity index (χ0) is 42.1. The van der Waals surface area contributed by atoms with E-state index in [9.17, 15) is 19.3 Å². The average molecular weight is 835 g/mol. The molecule has 3 aliphatic rings. The molecule has 1 saturated carbocycles. The molecule has 2 fully saturated rings. The maximum absolute atomic E-state index is 14.9. The molecule has 1 aliphatic heterocycles. The lowest BCUT2D eigenvalue weighted by Crippen LogP contribution is -2.73. The number of nitrogens with zero attached hydrogens (tertiary/aromatic N) is 2. The molecule has 2 heterocycles. The lowest BCUT2D eigenvalue weighted by molar-refractivity contribution is -0.345. The number of ketones is 1. The molecule has 0 radical (unpaired) electrons. The van der Waals surface area contributed by atoms with Gasteiger partial charge in [0.05, 0.1) is 31.2 Å². The first kappa shape index (κ1) is 40.8. The largest absolute Gasteiger partial charge is 0.477 e. The number of aliphatic hydroxyl groups is 1. The van der Waals surface area contributed by atoms with Gasteiger partial charge < -0.3 is 9.84 Å². The summed E-state index contributed by atoms with van der Waals surface area (Å²) in [5, 5.41) is 12.6. The van der Waals surface area contributed by atoms with Crippen molar-refractivity contribution < 1.29 is 37.6 Å². The third-order valence-corrected chi connectivity index (χ3v) is 14.0. The van der Waals surface area contributed by atoms with Crippen molar-refractivity contribution in [2.75, 3.05) is 18.2 Å². The van der Waals surface area contributed by atoms with Crippen LogP contribution >= 0.6 is 7.82 Å². The van der Waals surface area contributed by atoms with Gasteiger partial charge in [0.25, 0.3) is 5.91 Å². The Hall–Kier alpha value is -5.58. The van der Waals surface area contributed by atoms with Gasteiger partial charge in [-0.1, -0.05) is 127 Å². The molecule has 1 N–H and O–H groups in total. The van der Waals surface area contributed by atoms with Crippen molar-refractivity contribution in [2.45, 2.75) is 62.4 Å². The number of carbonyl (C=O) groups excluding carboxylic acids is 2. The maximum Gasteiger partial charge on any atom is 0.477 e. The van der Waals surface area contributed by atoms with Crippen LogP contribution in [0.1, 0.15) is 73.5 Å². The molecule has 1 aromatic heterocycles. The van der Waals surface area contributed by atoms with E-state index < -0.39 is 37.1 Å². The lowest BCUT2D eigenvalue weighted by atomic mass is 9.46. The van der Waals surface area contributed by atoms with Crippen LogP contribution in [0.3, 0.4) is 0 Å². The van der Waals surface area contributed by atoms with E-state index in [2.05, 4.69) is 17.1 Å². The number of benzene rings is 5. The molecule has 6 aromatic rings. The van der Waals surface area contributed by atoms with Gasteiger partial charge in [-0.15, -0.1) is 0 Å². The first-order valence-electron chi connectivity index (χ1n) is 20.6. The molecule has 4 atom stereocenters. The van der Waals surface area contributed by atoms with Crippen molar-refractivity contribution in [3.8, 4) is 0 Å². The van der Waals surface area contributed by atoms with Crippen LogP contribution in [0.25, 0.3) is 0 Å². The minimum absolute atomic E-state index is 0.0564. The standard InChI is InChI=1S/C50H47N2O8P/c1-36-45(23-14-26-51-36)52(35-60-61(56,58-31-38-17-8-3-9-18-38)59-32-39-19-10-4-11-20-39)47(54)40-24-25-44-43(27-40)46(53)28-42-30-50(41-21-12-5-13-22-41)49(55,34-57-50)33-48(42,44)29-37-15-6-2-7-16-37/h2-27,42,55H,28-35H2,1H3. The maximum atomic E-state index is 14.9. The first-order valence-corrected chi connectivity index (χ1v) is 22.1. The Labute approximate surface area is 355 Å². The van der Waals surface area contributed by atoms with E-state index in [-0.39, 0.29) is 43.5 Å². The highest BCUT2D eigenvalue weighted by molar-refractivity contribution is 7.48. The van der Waals surface area contributed by atoms with E-state index in [0.717, 1.165) is 27.8 Å². The van der Waals surface area contributed by atoms with Crippen LogP contribution < -0.4 is 4.90 Å². The highest BCUT2D eigenvalue weighted by Gasteiger charge is 2.70. The van der Waals surface area contributed by atoms with E-state index in [0.29, 0.717) is 36.2 Å². The summed E-state index contributed by atoms with van der Waals surface area (Å²) in [6, 6.07) is 47.2.